The minimum Gasteiger partial charge on any atom is -0.292 e. The Morgan fingerprint density at radius 1 is 1.18 bits per heavy atom. The zero-order valence-corrected chi connectivity index (χ0v) is 9.89. The maximum Gasteiger partial charge on any atom is 0.182 e. The number of aromatic nitrogens is 1. The number of nitrogens with zero attached hydrogens (tertiary/aromatic N) is 1. The van der Waals surface area contributed by atoms with E-state index in [1.807, 2.05) is 0 Å². The Bertz CT molecular complexity index is 574. The van der Waals surface area contributed by atoms with E-state index in [1.165, 1.54) is 12.1 Å². The molecule has 2 aromatic rings. The highest BCUT2D eigenvalue weighted by molar-refractivity contribution is 7.15. The molecule has 0 N–H and O–H groups in total. The molecule has 0 unspecified atom stereocenters. The van der Waals surface area contributed by atoms with Crippen molar-refractivity contribution in [1.82, 2.24) is 4.98 Å². The van der Waals surface area contributed by atoms with Crippen LogP contribution in [0, 0.1) is 5.82 Å². The van der Waals surface area contributed by atoms with E-state index in [4.69, 9.17) is 0 Å². The van der Waals surface area contributed by atoms with Gasteiger partial charge in [0.2, 0.25) is 0 Å². The third-order valence-electron chi connectivity index (χ3n) is 2.86. The van der Waals surface area contributed by atoms with Crippen molar-refractivity contribution in [3.63, 3.8) is 0 Å². The topological polar surface area (TPSA) is 30.0 Å². The zero-order chi connectivity index (χ0) is 11.8. The highest BCUT2D eigenvalue weighted by Crippen LogP contribution is 2.32. The summed E-state index contributed by atoms with van der Waals surface area (Å²) in [6.45, 7) is 0. The van der Waals surface area contributed by atoms with Crippen LogP contribution in [0.5, 0.6) is 0 Å². The Hall–Kier alpha value is -1.55. The summed E-state index contributed by atoms with van der Waals surface area (Å²) in [6, 6.07) is 6.23. The summed E-state index contributed by atoms with van der Waals surface area (Å²) < 4.78 is 12.8. The lowest BCUT2D eigenvalue weighted by molar-refractivity contribution is 0.0968. The fourth-order valence-electron chi connectivity index (χ4n) is 1.98. The molecule has 0 fully saturated rings. The van der Waals surface area contributed by atoms with Gasteiger partial charge in [-0.25, -0.2) is 9.37 Å². The van der Waals surface area contributed by atoms with E-state index in [0.717, 1.165) is 28.3 Å². The molecule has 4 heteroatoms. The molecule has 17 heavy (non-hydrogen) atoms. The molecule has 1 aromatic carbocycles. The summed E-state index contributed by atoms with van der Waals surface area (Å²) in [7, 11) is 0. The monoisotopic (exact) mass is 247 g/mol. The van der Waals surface area contributed by atoms with E-state index < -0.39 is 0 Å². The van der Waals surface area contributed by atoms with Crippen LogP contribution in [0.2, 0.25) is 0 Å². The Labute approximate surface area is 102 Å². The van der Waals surface area contributed by atoms with Crippen LogP contribution in [0.15, 0.2) is 24.3 Å². The first-order valence-electron chi connectivity index (χ1n) is 5.53. The molecule has 2 nitrogen and oxygen atoms in total. The molecule has 1 aliphatic carbocycles. The van der Waals surface area contributed by atoms with Crippen LogP contribution >= 0.6 is 11.3 Å². The number of hydrogen-bond acceptors (Lipinski definition) is 3. The van der Waals surface area contributed by atoms with Crippen LogP contribution in [0.25, 0.3) is 10.6 Å². The third kappa shape index (κ3) is 1.89. The fraction of sp³-hybridized carbons (Fsp3) is 0.231. The van der Waals surface area contributed by atoms with Gasteiger partial charge in [0, 0.05) is 16.9 Å². The van der Waals surface area contributed by atoms with Gasteiger partial charge >= 0.3 is 0 Å². The molecule has 0 radical (unpaired) electrons. The lowest BCUT2D eigenvalue weighted by Crippen LogP contribution is -2.08. The second kappa shape index (κ2) is 4.04. The zero-order valence-electron chi connectivity index (χ0n) is 9.07. The predicted molar refractivity (Wildman–Crippen MR) is 64.8 cm³/mol. The van der Waals surface area contributed by atoms with Crippen molar-refractivity contribution >= 4 is 17.1 Å². The van der Waals surface area contributed by atoms with E-state index >= 15 is 0 Å². The molecule has 0 bridgehead atoms. The van der Waals surface area contributed by atoms with Gasteiger partial charge in [-0.1, -0.05) is 0 Å². The molecule has 0 aliphatic heterocycles. The summed E-state index contributed by atoms with van der Waals surface area (Å²) in [5.74, 6) is -0.123. The van der Waals surface area contributed by atoms with Gasteiger partial charge in [-0.15, -0.1) is 11.3 Å². The van der Waals surface area contributed by atoms with Gasteiger partial charge in [0.1, 0.15) is 16.5 Å². The van der Waals surface area contributed by atoms with Gasteiger partial charge in [0.15, 0.2) is 5.78 Å². The summed E-state index contributed by atoms with van der Waals surface area (Å²) in [6.07, 6.45) is 2.44. The average Bonchev–Trinajstić information content (AvgIpc) is 2.75. The standard InChI is InChI=1S/C13H10FNOS/c14-9-6-4-8(5-7-9)13-15-12-10(16)2-1-3-11(12)17-13/h4-7H,1-3H2. The molecule has 1 aromatic heterocycles. The first kappa shape index (κ1) is 10.6. The smallest absolute Gasteiger partial charge is 0.182 e. The van der Waals surface area contributed by atoms with Gasteiger partial charge in [0.05, 0.1) is 0 Å². The fourth-order valence-corrected chi connectivity index (χ4v) is 3.11. The minimum atomic E-state index is -0.258. The molecule has 86 valence electrons. The van der Waals surface area contributed by atoms with E-state index in [0.29, 0.717) is 12.1 Å². The van der Waals surface area contributed by atoms with E-state index in [-0.39, 0.29) is 11.6 Å². The number of rotatable bonds is 1. The van der Waals surface area contributed by atoms with Crippen molar-refractivity contribution in [3.05, 3.63) is 40.7 Å². The minimum absolute atomic E-state index is 0.135. The van der Waals surface area contributed by atoms with Crippen LogP contribution in [-0.2, 0) is 6.42 Å². The maximum absolute atomic E-state index is 12.8. The van der Waals surface area contributed by atoms with Crippen molar-refractivity contribution in [3.8, 4) is 10.6 Å². The molecule has 1 aliphatic rings. The number of carbonyl (C=O) groups excluding carboxylic acids is 1. The maximum atomic E-state index is 12.8. The largest absolute Gasteiger partial charge is 0.292 e. The second-order valence-corrected chi connectivity index (χ2v) is 5.16. The second-order valence-electron chi connectivity index (χ2n) is 4.07. The summed E-state index contributed by atoms with van der Waals surface area (Å²) in [5, 5.41) is 0.810. The van der Waals surface area contributed by atoms with Crippen molar-refractivity contribution in [2.45, 2.75) is 19.3 Å². The van der Waals surface area contributed by atoms with Crippen LogP contribution < -0.4 is 0 Å². The van der Waals surface area contributed by atoms with Gasteiger partial charge < -0.3 is 0 Å². The number of carbonyl (C=O) groups is 1. The van der Waals surface area contributed by atoms with Crippen LogP contribution in [0.3, 0.4) is 0 Å². The van der Waals surface area contributed by atoms with E-state index in [1.54, 1.807) is 23.5 Å². The molecular formula is C13H10FNOS. The van der Waals surface area contributed by atoms with Crippen LogP contribution in [0.4, 0.5) is 4.39 Å². The quantitative estimate of drug-likeness (QED) is 0.772. The number of halogens is 1. The van der Waals surface area contributed by atoms with Crippen LogP contribution in [0.1, 0.15) is 28.2 Å². The molecule has 0 spiro atoms. The average molecular weight is 247 g/mol. The Balaban J connectivity index is 2.05. The van der Waals surface area contributed by atoms with Gasteiger partial charge in [0.25, 0.3) is 0 Å². The van der Waals surface area contributed by atoms with Gasteiger partial charge in [-0.2, -0.15) is 0 Å². The number of hydrogen-bond donors (Lipinski definition) is 0. The van der Waals surface area contributed by atoms with Crippen molar-refractivity contribution < 1.29 is 9.18 Å². The third-order valence-corrected chi connectivity index (χ3v) is 4.02. The van der Waals surface area contributed by atoms with Gasteiger partial charge in [-0.3, -0.25) is 4.79 Å². The number of aryl methyl sites for hydroxylation is 1. The lowest BCUT2D eigenvalue weighted by atomic mass is 10.0. The van der Waals surface area contributed by atoms with Crippen molar-refractivity contribution in [1.29, 1.82) is 0 Å². The molecule has 0 amide bonds. The molecule has 0 saturated heterocycles. The Morgan fingerprint density at radius 3 is 2.65 bits per heavy atom. The SMILES string of the molecule is O=C1CCCc2sc(-c3ccc(F)cc3)nc21. The summed E-state index contributed by atoms with van der Waals surface area (Å²) in [5.41, 5.74) is 1.50. The highest BCUT2D eigenvalue weighted by atomic mass is 32.1. The summed E-state index contributed by atoms with van der Waals surface area (Å²) in [4.78, 5) is 17.1. The van der Waals surface area contributed by atoms with Crippen molar-refractivity contribution in [2.75, 3.05) is 0 Å². The van der Waals surface area contributed by atoms with E-state index in [9.17, 15) is 9.18 Å². The number of thiazole rings is 1. The van der Waals surface area contributed by atoms with Crippen molar-refractivity contribution in [2.24, 2.45) is 0 Å². The lowest BCUT2D eigenvalue weighted by Gasteiger charge is -2.06. The molecule has 0 atom stereocenters. The highest BCUT2D eigenvalue weighted by Gasteiger charge is 2.22. The predicted octanol–water partition coefficient (Wildman–Crippen LogP) is 3.47. The normalized spacial score (nSPS) is 14.8. The first-order chi connectivity index (χ1) is 8.24. The molecule has 1 heterocycles. The number of Topliss-reactive ketones (excluding diaryl/α,β-unsaturated/α-hetero) is 1. The number of ketones is 1. The van der Waals surface area contributed by atoms with Gasteiger partial charge in [-0.05, 0) is 37.1 Å². The molecule has 0 saturated carbocycles. The van der Waals surface area contributed by atoms with Crippen LogP contribution in [-0.4, -0.2) is 10.8 Å². The Kier molecular flexibility index (Phi) is 2.52. The summed E-state index contributed by atoms with van der Waals surface area (Å²) >= 11 is 1.54. The number of fused-ring (bicyclic) bond motifs is 1. The Morgan fingerprint density at radius 2 is 1.94 bits per heavy atom. The molecular weight excluding hydrogens is 237 g/mol. The van der Waals surface area contributed by atoms with E-state index in [2.05, 4.69) is 4.98 Å². The first-order valence-corrected chi connectivity index (χ1v) is 6.34. The molecule has 3 rings (SSSR count). The number of benzene rings is 1.